The minimum absolute atomic E-state index is 0.313. The predicted octanol–water partition coefficient (Wildman–Crippen LogP) is 2.48. The van der Waals surface area contributed by atoms with Gasteiger partial charge in [0.25, 0.3) is 0 Å². The van der Waals surface area contributed by atoms with Crippen LogP contribution in [0.5, 0.6) is 5.75 Å². The van der Waals surface area contributed by atoms with Crippen molar-refractivity contribution in [1.82, 2.24) is 4.90 Å². The van der Waals surface area contributed by atoms with Gasteiger partial charge in [-0.3, -0.25) is 4.90 Å². The molecule has 0 aliphatic carbocycles. The van der Waals surface area contributed by atoms with E-state index in [1.54, 1.807) is 12.1 Å². The lowest BCUT2D eigenvalue weighted by Gasteiger charge is -2.18. The zero-order chi connectivity index (χ0) is 13.7. The predicted molar refractivity (Wildman–Crippen MR) is 77.6 cm³/mol. The number of hydrogen-bond donors (Lipinski definition) is 2. The number of rotatable bonds is 5. The van der Waals surface area contributed by atoms with Crippen LogP contribution < -0.4 is 5.73 Å². The van der Waals surface area contributed by atoms with Crippen molar-refractivity contribution in [2.75, 3.05) is 7.05 Å². The summed E-state index contributed by atoms with van der Waals surface area (Å²) in [6.07, 6.45) is 0. The molecular formula is C16H20N2O. The van der Waals surface area contributed by atoms with Gasteiger partial charge >= 0.3 is 0 Å². The zero-order valence-electron chi connectivity index (χ0n) is 11.2. The first-order valence-electron chi connectivity index (χ1n) is 6.42. The third kappa shape index (κ3) is 3.81. The highest BCUT2D eigenvalue weighted by atomic mass is 16.3. The van der Waals surface area contributed by atoms with Gasteiger partial charge in [0, 0.05) is 19.6 Å². The van der Waals surface area contributed by atoms with Crippen LogP contribution >= 0.6 is 0 Å². The van der Waals surface area contributed by atoms with Gasteiger partial charge < -0.3 is 10.8 Å². The lowest BCUT2D eigenvalue weighted by atomic mass is 10.1. The third-order valence-corrected chi connectivity index (χ3v) is 3.14. The number of hydrogen-bond acceptors (Lipinski definition) is 3. The fourth-order valence-electron chi connectivity index (χ4n) is 2.22. The average Bonchev–Trinajstić information content (AvgIpc) is 2.39. The molecule has 19 heavy (non-hydrogen) atoms. The molecule has 0 heterocycles. The van der Waals surface area contributed by atoms with Crippen molar-refractivity contribution in [1.29, 1.82) is 0 Å². The molecule has 3 nitrogen and oxygen atoms in total. The molecule has 0 bridgehead atoms. The molecule has 0 amide bonds. The molecule has 100 valence electrons. The molecule has 2 aromatic carbocycles. The Labute approximate surface area is 114 Å². The Bertz CT molecular complexity index is 540. The Morgan fingerprint density at radius 1 is 1.00 bits per heavy atom. The fourth-order valence-corrected chi connectivity index (χ4v) is 2.22. The smallest absolute Gasteiger partial charge is 0.115 e. The van der Waals surface area contributed by atoms with E-state index in [9.17, 15) is 5.11 Å². The lowest BCUT2D eigenvalue weighted by Crippen LogP contribution is -2.18. The second-order valence-electron chi connectivity index (χ2n) is 4.82. The standard InChI is InChI=1S/C16H20N2O/c1-18(11-13-5-4-8-16(19)9-13)12-15-7-3-2-6-14(15)10-17/h2-9,19H,10-12,17H2,1H3. The summed E-state index contributed by atoms with van der Waals surface area (Å²) in [6, 6.07) is 15.6. The first-order chi connectivity index (χ1) is 9.19. The number of nitrogens with two attached hydrogens (primary N) is 1. The van der Waals surface area contributed by atoms with Crippen molar-refractivity contribution in [3.8, 4) is 5.75 Å². The largest absolute Gasteiger partial charge is 0.508 e. The van der Waals surface area contributed by atoms with Gasteiger partial charge in [-0.1, -0.05) is 36.4 Å². The van der Waals surface area contributed by atoms with E-state index in [2.05, 4.69) is 24.1 Å². The van der Waals surface area contributed by atoms with Crippen molar-refractivity contribution in [2.24, 2.45) is 5.73 Å². The van der Waals surface area contributed by atoms with Gasteiger partial charge in [-0.05, 0) is 35.9 Å². The Morgan fingerprint density at radius 2 is 1.74 bits per heavy atom. The molecule has 0 saturated carbocycles. The summed E-state index contributed by atoms with van der Waals surface area (Å²) in [6.45, 7) is 2.21. The Morgan fingerprint density at radius 3 is 2.42 bits per heavy atom. The molecule has 0 saturated heterocycles. The molecule has 3 N–H and O–H groups in total. The molecule has 0 aliphatic heterocycles. The Kier molecular flexibility index (Phi) is 4.55. The quantitative estimate of drug-likeness (QED) is 0.864. The summed E-state index contributed by atoms with van der Waals surface area (Å²) >= 11 is 0. The highest BCUT2D eigenvalue weighted by molar-refractivity contribution is 5.28. The van der Waals surface area contributed by atoms with Crippen molar-refractivity contribution < 1.29 is 5.11 Å². The fraction of sp³-hybridized carbons (Fsp3) is 0.250. The van der Waals surface area contributed by atoms with E-state index in [4.69, 9.17) is 5.73 Å². The zero-order valence-corrected chi connectivity index (χ0v) is 11.2. The highest BCUT2D eigenvalue weighted by Crippen LogP contribution is 2.15. The van der Waals surface area contributed by atoms with Crippen molar-refractivity contribution in [3.05, 3.63) is 65.2 Å². The Balaban J connectivity index is 2.03. The summed E-state index contributed by atoms with van der Waals surface area (Å²) in [7, 11) is 2.07. The van der Waals surface area contributed by atoms with Gasteiger partial charge in [0.05, 0.1) is 0 Å². The van der Waals surface area contributed by atoms with E-state index in [0.29, 0.717) is 12.3 Å². The monoisotopic (exact) mass is 256 g/mol. The molecule has 0 radical (unpaired) electrons. The molecule has 0 fully saturated rings. The van der Waals surface area contributed by atoms with Crippen molar-refractivity contribution in [2.45, 2.75) is 19.6 Å². The molecule has 2 aromatic rings. The van der Waals surface area contributed by atoms with E-state index in [-0.39, 0.29) is 0 Å². The van der Waals surface area contributed by atoms with Crippen LogP contribution in [0.1, 0.15) is 16.7 Å². The van der Waals surface area contributed by atoms with Crippen LogP contribution in [0.15, 0.2) is 48.5 Å². The molecule has 2 rings (SSSR count). The van der Waals surface area contributed by atoms with E-state index in [1.165, 1.54) is 11.1 Å². The van der Waals surface area contributed by atoms with Gasteiger partial charge in [0.1, 0.15) is 5.75 Å². The Hall–Kier alpha value is -1.84. The van der Waals surface area contributed by atoms with E-state index >= 15 is 0 Å². The van der Waals surface area contributed by atoms with Crippen LogP contribution in [-0.4, -0.2) is 17.1 Å². The SMILES string of the molecule is CN(Cc1cccc(O)c1)Cc1ccccc1CN. The number of aromatic hydroxyl groups is 1. The summed E-state index contributed by atoms with van der Waals surface area (Å²) in [5.74, 6) is 0.313. The van der Waals surface area contributed by atoms with Gasteiger partial charge in [-0.25, -0.2) is 0 Å². The first-order valence-corrected chi connectivity index (χ1v) is 6.42. The summed E-state index contributed by atoms with van der Waals surface area (Å²) in [5, 5.41) is 9.46. The summed E-state index contributed by atoms with van der Waals surface area (Å²) < 4.78 is 0. The van der Waals surface area contributed by atoms with E-state index in [1.807, 2.05) is 24.3 Å². The van der Waals surface area contributed by atoms with Crippen LogP contribution in [-0.2, 0) is 19.6 Å². The summed E-state index contributed by atoms with van der Waals surface area (Å²) in [5.41, 5.74) is 9.29. The number of nitrogens with zero attached hydrogens (tertiary/aromatic N) is 1. The molecule has 0 unspecified atom stereocenters. The van der Waals surface area contributed by atoms with E-state index < -0.39 is 0 Å². The minimum Gasteiger partial charge on any atom is -0.508 e. The summed E-state index contributed by atoms with van der Waals surface area (Å²) in [4.78, 5) is 2.21. The maximum absolute atomic E-state index is 9.46. The minimum atomic E-state index is 0.313. The number of phenolic OH excluding ortho intramolecular Hbond substituents is 1. The topological polar surface area (TPSA) is 49.5 Å². The molecular weight excluding hydrogens is 236 g/mol. The highest BCUT2D eigenvalue weighted by Gasteiger charge is 2.05. The average molecular weight is 256 g/mol. The van der Waals surface area contributed by atoms with Crippen LogP contribution in [0.25, 0.3) is 0 Å². The number of phenols is 1. The van der Waals surface area contributed by atoms with Gasteiger partial charge in [0.15, 0.2) is 0 Å². The van der Waals surface area contributed by atoms with Crippen molar-refractivity contribution >= 4 is 0 Å². The third-order valence-electron chi connectivity index (χ3n) is 3.14. The van der Waals surface area contributed by atoms with Crippen molar-refractivity contribution in [3.63, 3.8) is 0 Å². The number of benzene rings is 2. The lowest BCUT2D eigenvalue weighted by molar-refractivity contribution is 0.317. The molecule has 3 heteroatoms. The van der Waals surface area contributed by atoms with E-state index in [0.717, 1.165) is 18.7 Å². The van der Waals surface area contributed by atoms with Crippen LogP contribution in [0.4, 0.5) is 0 Å². The van der Waals surface area contributed by atoms with Crippen LogP contribution in [0.3, 0.4) is 0 Å². The molecule has 0 aromatic heterocycles. The maximum atomic E-state index is 9.46. The normalized spacial score (nSPS) is 10.9. The second-order valence-corrected chi connectivity index (χ2v) is 4.82. The van der Waals surface area contributed by atoms with Crippen LogP contribution in [0.2, 0.25) is 0 Å². The van der Waals surface area contributed by atoms with Gasteiger partial charge in [-0.2, -0.15) is 0 Å². The van der Waals surface area contributed by atoms with Gasteiger partial charge in [-0.15, -0.1) is 0 Å². The second kappa shape index (κ2) is 6.36. The first kappa shape index (κ1) is 13.6. The molecule has 0 atom stereocenters. The molecule has 0 aliphatic rings. The maximum Gasteiger partial charge on any atom is 0.115 e. The molecule has 0 spiro atoms. The van der Waals surface area contributed by atoms with Crippen LogP contribution in [0, 0.1) is 0 Å². The van der Waals surface area contributed by atoms with Gasteiger partial charge in [0.2, 0.25) is 0 Å².